The van der Waals surface area contributed by atoms with Gasteiger partial charge >= 0.3 is 11.9 Å². The molecule has 2 aromatic rings. The zero-order valence-corrected chi connectivity index (χ0v) is 11.8. The summed E-state index contributed by atoms with van der Waals surface area (Å²) in [5, 5.41) is 9.19. The van der Waals surface area contributed by atoms with Crippen LogP contribution < -0.4 is 5.43 Å². The zero-order chi connectivity index (χ0) is 16.1. The summed E-state index contributed by atoms with van der Waals surface area (Å²) in [6.45, 7) is 2.00. The van der Waals surface area contributed by atoms with Gasteiger partial charge in [-0.25, -0.2) is 4.79 Å². The van der Waals surface area contributed by atoms with Crippen LogP contribution in [0.4, 0.5) is 0 Å². The van der Waals surface area contributed by atoms with E-state index in [-0.39, 0.29) is 17.4 Å². The summed E-state index contributed by atoms with van der Waals surface area (Å²) < 4.78 is 4.75. The minimum atomic E-state index is -1.29. The topological polar surface area (TPSA) is 96.5 Å². The van der Waals surface area contributed by atoms with Crippen molar-refractivity contribution >= 4 is 22.8 Å². The van der Waals surface area contributed by atoms with Gasteiger partial charge in [-0.1, -0.05) is 11.8 Å². The molecule has 0 radical (unpaired) electrons. The van der Waals surface area contributed by atoms with Gasteiger partial charge in [-0.05, 0) is 25.1 Å². The van der Waals surface area contributed by atoms with Crippen molar-refractivity contribution in [1.82, 2.24) is 4.98 Å². The maximum Gasteiger partial charge on any atom is 0.341 e. The average Bonchev–Trinajstić information content (AvgIpc) is 2.48. The van der Waals surface area contributed by atoms with Gasteiger partial charge in [-0.15, -0.1) is 0 Å². The van der Waals surface area contributed by atoms with Crippen LogP contribution in [-0.4, -0.2) is 28.6 Å². The van der Waals surface area contributed by atoms with E-state index < -0.39 is 17.4 Å². The monoisotopic (exact) mass is 299 g/mol. The number of aromatic carboxylic acids is 1. The maximum atomic E-state index is 12.1. The number of carbonyl (C=O) groups excluding carboxylic acids is 1. The van der Waals surface area contributed by atoms with Gasteiger partial charge in [0.1, 0.15) is 12.0 Å². The first-order valence-electron chi connectivity index (χ1n) is 6.56. The Morgan fingerprint density at radius 2 is 2.14 bits per heavy atom. The Hall–Kier alpha value is -3.07. The van der Waals surface area contributed by atoms with Crippen molar-refractivity contribution in [2.24, 2.45) is 0 Å². The second-order valence-corrected chi connectivity index (χ2v) is 4.38. The number of aromatic amines is 1. The fourth-order valence-electron chi connectivity index (χ4n) is 1.89. The summed E-state index contributed by atoms with van der Waals surface area (Å²) in [7, 11) is 0. The van der Waals surface area contributed by atoms with Crippen molar-refractivity contribution in [2.75, 3.05) is 6.61 Å². The summed E-state index contributed by atoms with van der Waals surface area (Å²) >= 11 is 0. The van der Waals surface area contributed by atoms with Crippen LogP contribution in [-0.2, 0) is 9.53 Å². The Morgan fingerprint density at radius 3 is 2.82 bits per heavy atom. The highest BCUT2D eigenvalue weighted by Gasteiger charge is 2.11. The Morgan fingerprint density at radius 1 is 1.36 bits per heavy atom. The van der Waals surface area contributed by atoms with Crippen LogP contribution in [0.15, 0.2) is 29.2 Å². The van der Waals surface area contributed by atoms with Crippen molar-refractivity contribution in [1.29, 1.82) is 0 Å². The molecule has 0 bridgehead atoms. The van der Waals surface area contributed by atoms with Crippen LogP contribution in [0.2, 0.25) is 0 Å². The van der Waals surface area contributed by atoms with Crippen molar-refractivity contribution in [3.63, 3.8) is 0 Å². The quantitative estimate of drug-likeness (QED) is 0.662. The molecule has 0 aliphatic heterocycles. The lowest BCUT2D eigenvalue weighted by Crippen LogP contribution is -2.15. The largest absolute Gasteiger partial charge is 0.477 e. The number of carbonyl (C=O) groups is 2. The number of ether oxygens (including phenoxy) is 1. The molecule has 0 saturated carbocycles. The number of fused-ring (bicyclic) bond motifs is 1. The molecule has 1 aromatic carbocycles. The van der Waals surface area contributed by atoms with Crippen molar-refractivity contribution in [3.05, 3.63) is 45.7 Å². The van der Waals surface area contributed by atoms with Gasteiger partial charge in [0.2, 0.25) is 5.43 Å². The molecule has 2 rings (SSSR count). The fraction of sp³-hybridized carbons (Fsp3) is 0.188. The number of hydrogen-bond donors (Lipinski definition) is 2. The van der Waals surface area contributed by atoms with Crippen LogP contribution in [0.5, 0.6) is 0 Å². The molecular formula is C16H13NO5. The number of benzene rings is 1. The van der Waals surface area contributed by atoms with E-state index in [4.69, 9.17) is 9.84 Å². The molecule has 22 heavy (non-hydrogen) atoms. The molecule has 0 spiro atoms. The number of hydrogen-bond acceptors (Lipinski definition) is 4. The Bertz CT molecular complexity index is 854. The maximum absolute atomic E-state index is 12.1. The van der Waals surface area contributed by atoms with Gasteiger partial charge in [0, 0.05) is 22.7 Å². The first kappa shape index (κ1) is 15.3. The molecule has 1 aromatic heterocycles. The zero-order valence-electron chi connectivity index (χ0n) is 11.8. The van der Waals surface area contributed by atoms with Crippen molar-refractivity contribution in [3.8, 4) is 11.8 Å². The summed E-state index contributed by atoms with van der Waals surface area (Å²) in [6.07, 6.45) is 1.12. The molecular weight excluding hydrogens is 286 g/mol. The van der Waals surface area contributed by atoms with E-state index in [0.717, 1.165) is 0 Å². The number of nitrogens with one attached hydrogen (secondary N) is 1. The van der Waals surface area contributed by atoms with E-state index in [1.807, 2.05) is 0 Å². The second kappa shape index (κ2) is 6.59. The van der Waals surface area contributed by atoms with Crippen molar-refractivity contribution < 1.29 is 19.4 Å². The summed E-state index contributed by atoms with van der Waals surface area (Å²) in [4.78, 5) is 37.0. The van der Waals surface area contributed by atoms with E-state index >= 15 is 0 Å². The van der Waals surface area contributed by atoms with Gasteiger partial charge in [-0.3, -0.25) is 9.59 Å². The van der Waals surface area contributed by atoms with Crippen LogP contribution in [0, 0.1) is 11.8 Å². The third-order valence-electron chi connectivity index (χ3n) is 2.88. The van der Waals surface area contributed by atoms with Gasteiger partial charge in [0.25, 0.3) is 0 Å². The number of H-pyrrole nitrogens is 1. The van der Waals surface area contributed by atoms with Crippen LogP contribution in [0.3, 0.4) is 0 Å². The molecule has 0 aliphatic carbocycles. The third kappa shape index (κ3) is 3.33. The number of carboxylic acid groups (broad SMARTS) is 1. The molecule has 6 nitrogen and oxygen atoms in total. The summed E-state index contributed by atoms with van der Waals surface area (Å²) in [5.41, 5.74) is 0.134. The Balaban J connectivity index is 2.36. The first-order chi connectivity index (χ1) is 10.5. The Labute approximate surface area is 125 Å². The standard InChI is InChI=1S/C16H13NO5/c1-2-22-14(18)5-3-4-10-6-7-13-11(8-10)15(19)12(9-17-13)16(20)21/h6-9H,2,5H2,1H3,(H,17,19)(H,20,21). The van der Waals surface area contributed by atoms with E-state index in [2.05, 4.69) is 16.8 Å². The van der Waals surface area contributed by atoms with Crippen LogP contribution in [0.25, 0.3) is 10.9 Å². The normalized spacial score (nSPS) is 9.86. The van der Waals surface area contributed by atoms with Gasteiger partial charge in [0.15, 0.2) is 0 Å². The predicted molar refractivity (Wildman–Crippen MR) is 79.7 cm³/mol. The summed E-state index contributed by atoms with van der Waals surface area (Å²) in [6, 6.07) is 4.81. The molecule has 2 N–H and O–H groups in total. The Kier molecular flexibility index (Phi) is 4.59. The average molecular weight is 299 g/mol. The van der Waals surface area contributed by atoms with E-state index in [1.54, 1.807) is 19.1 Å². The third-order valence-corrected chi connectivity index (χ3v) is 2.88. The molecule has 1 heterocycles. The lowest BCUT2D eigenvalue weighted by Gasteiger charge is -2.00. The molecule has 0 amide bonds. The van der Waals surface area contributed by atoms with E-state index in [1.165, 1.54) is 12.3 Å². The van der Waals surface area contributed by atoms with Crippen molar-refractivity contribution in [2.45, 2.75) is 13.3 Å². The van der Waals surface area contributed by atoms with Crippen LogP contribution >= 0.6 is 0 Å². The van der Waals surface area contributed by atoms with Gasteiger partial charge in [-0.2, -0.15) is 0 Å². The first-order valence-corrected chi connectivity index (χ1v) is 6.56. The van der Waals surface area contributed by atoms with E-state index in [0.29, 0.717) is 17.7 Å². The highest BCUT2D eigenvalue weighted by Crippen LogP contribution is 2.10. The number of rotatable bonds is 3. The van der Waals surface area contributed by atoms with Gasteiger partial charge in [0.05, 0.1) is 6.61 Å². The molecule has 0 atom stereocenters. The minimum Gasteiger partial charge on any atom is -0.477 e. The summed E-state index contributed by atoms with van der Waals surface area (Å²) in [5.74, 6) is 3.70. The number of pyridine rings is 1. The molecule has 0 unspecified atom stereocenters. The van der Waals surface area contributed by atoms with Gasteiger partial charge < -0.3 is 14.8 Å². The molecule has 0 fully saturated rings. The molecule has 112 valence electrons. The fourth-order valence-corrected chi connectivity index (χ4v) is 1.89. The SMILES string of the molecule is CCOC(=O)CC#Cc1ccc2[nH]cc(C(=O)O)c(=O)c2c1. The minimum absolute atomic E-state index is 0.0442. The highest BCUT2D eigenvalue weighted by atomic mass is 16.5. The molecule has 6 heteroatoms. The number of aromatic nitrogens is 1. The predicted octanol–water partition coefficient (Wildman–Crippen LogP) is 1.53. The molecule has 0 saturated heterocycles. The number of esters is 1. The lowest BCUT2D eigenvalue weighted by molar-refractivity contribution is -0.141. The highest BCUT2D eigenvalue weighted by molar-refractivity contribution is 5.92. The number of carboxylic acids is 1. The smallest absolute Gasteiger partial charge is 0.341 e. The lowest BCUT2D eigenvalue weighted by atomic mass is 10.1. The van der Waals surface area contributed by atoms with Crippen LogP contribution in [0.1, 0.15) is 29.3 Å². The molecule has 0 aliphatic rings. The van der Waals surface area contributed by atoms with E-state index in [9.17, 15) is 14.4 Å². The second-order valence-electron chi connectivity index (χ2n) is 4.38.